The van der Waals surface area contributed by atoms with Crippen LogP contribution in [0, 0.1) is 6.92 Å². The van der Waals surface area contributed by atoms with E-state index in [9.17, 15) is 13.2 Å². The van der Waals surface area contributed by atoms with Gasteiger partial charge in [-0.05, 0) is 58.1 Å². The molecule has 1 aromatic carbocycles. The summed E-state index contributed by atoms with van der Waals surface area (Å²) in [5, 5.41) is 0. The highest BCUT2D eigenvalue weighted by Crippen LogP contribution is 2.34. The average molecular weight is 274 g/mol. The lowest BCUT2D eigenvalue weighted by Gasteiger charge is -2.39. The molecular formula is C14H21F3N2. The molecule has 1 aromatic rings. The maximum atomic E-state index is 12.6. The Hall–Kier alpha value is -1.07. The Labute approximate surface area is 112 Å². The van der Waals surface area contributed by atoms with Crippen LogP contribution in [0.4, 0.5) is 13.2 Å². The summed E-state index contributed by atoms with van der Waals surface area (Å²) in [7, 11) is 3.80. The third-order valence-electron chi connectivity index (χ3n) is 3.85. The highest BCUT2D eigenvalue weighted by atomic mass is 19.4. The second kappa shape index (κ2) is 5.13. The summed E-state index contributed by atoms with van der Waals surface area (Å²) < 4.78 is 37.9. The molecular weight excluding hydrogens is 253 g/mol. The molecule has 19 heavy (non-hydrogen) atoms. The zero-order chi connectivity index (χ0) is 15.0. The molecule has 0 aromatic heterocycles. The predicted octanol–water partition coefficient (Wildman–Crippen LogP) is 3.35. The Balaban J connectivity index is 3.17. The van der Waals surface area contributed by atoms with Gasteiger partial charge in [-0.25, -0.2) is 0 Å². The number of nitrogens with zero attached hydrogens (tertiary/aromatic N) is 1. The van der Waals surface area contributed by atoms with E-state index in [1.165, 1.54) is 6.07 Å². The largest absolute Gasteiger partial charge is 0.416 e. The molecule has 0 saturated heterocycles. The van der Waals surface area contributed by atoms with E-state index in [4.69, 9.17) is 5.73 Å². The van der Waals surface area contributed by atoms with E-state index in [0.717, 1.165) is 17.7 Å². The van der Waals surface area contributed by atoms with Gasteiger partial charge < -0.3 is 10.6 Å². The fourth-order valence-corrected chi connectivity index (χ4v) is 1.86. The van der Waals surface area contributed by atoms with Crippen LogP contribution in [0.15, 0.2) is 18.2 Å². The molecule has 0 fully saturated rings. The van der Waals surface area contributed by atoms with Gasteiger partial charge in [0, 0.05) is 11.6 Å². The van der Waals surface area contributed by atoms with Crippen LogP contribution in [0.25, 0.3) is 0 Å². The second-order valence-electron chi connectivity index (χ2n) is 5.59. The first-order valence-electron chi connectivity index (χ1n) is 6.08. The summed E-state index contributed by atoms with van der Waals surface area (Å²) in [4.78, 5) is 1.97. The zero-order valence-electron chi connectivity index (χ0n) is 12.0. The first kappa shape index (κ1) is 16.0. The molecule has 2 nitrogen and oxygen atoms in total. The molecule has 0 saturated carbocycles. The van der Waals surface area contributed by atoms with E-state index < -0.39 is 11.7 Å². The van der Waals surface area contributed by atoms with E-state index in [1.807, 2.05) is 32.8 Å². The molecule has 1 atom stereocenters. The van der Waals surface area contributed by atoms with Crippen LogP contribution in [-0.4, -0.2) is 24.5 Å². The van der Waals surface area contributed by atoms with Crippen LogP contribution in [-0.2, 0) is 6.18 Å². The van der Waals surface area contributed by atoms with Crippen molar-refractivity contribution < 1.29 is 13.2 Å². The van der Waals surface area contributed by atoms with Gasteiger partial charge in [0.25, 0.3) is 0 Å². The number of rotatable bonds is 3. The van der Waals surface area contributed by atoms with Gasteiger partial charge in [-0.1, -0.05) is 6.07 Å². The Morgan fingerprint density at radius 3 is 2.05 bits per heavy atom. The number of hydrogen-bond acceptors (Lipinski definition) is 2. The molecule has 108 valence electrons. The molecule has 0 amide bonds. The molecule has 0 radical (unpaired) electrons. The number of aryl methyl sites for hydroxylation is 1. The van der Waals surface area contributed by atoms with Crippen LogP contribution in [0.1, 0.15) is 36.6 Å². The molecule has 5 heteroatoms. The Kier molecular flexibility index (Phi) is 4.32. The second-order valence-corrected chi connectivity index (χ2v) is 5.59. The third kappa shape index (κ3) is 3.28. The van der Waals surface area contributed by atoms with Crippen molar-refractivity contribution in [3.63, 3.8) is 0 Å². The van der Waals surface area contributed by atoms with Crippen molar-refractivity contribution in [2.75, 3.05) is 14.1 Å². The number of hydrogen-bond donors (Lipinski definition) is 1. The van der Waals surface area contributed by atoms with Crippen molar-refractivity contribution in [2.45, 2.75) is 38.5 Å². The normalized spacial score (nSPS) is 14.8. The highest BCUT2D eigenvalue weighted by molar-refractivity contribution is 5.36. The lowest BCUT2D eigenvalue weighted by atomic mass is 9.85. The molecule has 0 aliphatic heterocycles. The minimum absolute atomic E-state index is 0.343. The van der Waals surface area contributed by atoms with Crippen molar-refractivity contribution in [1.82, 2.24) is 4.90 Å². The van der Waals surface area contributed by atoms with Crippen molar-refractivity contribution >= 4 is 0 Å². The number of benzene rings is 1. The summed E-state index contributed by atoms with van der Waals surface area (Å²) in [6.45, 7) is 5.60. The fraction of sp³-hybridized carbons (Fsp3) is 0.571. The van der Waals surface area contributed by atoms with Gasteiger partial charge in [0.15, 0.2) is 0 Å². The van der Waals surface area contributed by atoms with Gasteiger partial charge in [0.05, 0.1) is 5.56 Å². The molecule has 0 aliphatic rings. The molecule has 1 rings (SSSR count). The average Bonchev–Trinajstić information content (AvgIpc) is 2.26. The van der Waals surface area contributed by atoms with Crippen molar-refractivity contribution in [3.05, 3.63) is 34.9 Å². The number of halogens is 3. The molecule has 0 aliphatic carbocycles. The van der Waals surface area contributed by atoms with E-state index in [0.29, 0.717) is 5.56 Å². The first-order valence-corrected chi connectivity index (χ1v) is 6.08. The summed E-state index contributed by atoms with van der Waals surface area (Å²) >= 11 is 0. The predicted molar refractivity (Wildman–Crippen MR) is 70.9 cm³/mol. The van der Waals surface area contributed by atoms with Crippen molar-refractivity contribution in [3.8, 4) is 0 Å². The number of alkyl halides is 3. The van der Waals surface area contributed by atoms with Gasteiger partial charge in [-0.2, -0.15) is 13.2 Å². The summed E-state index contributed by atoms with van der Waals surface area (Å²) in [5.74, 6) is 0. The number of nitrogens with two attached hydrogens (primary N) is 1. The van der Waals surface area contributed by atoms with Crippen LogP contribution in [0.2, 0.25) is 0 Å². The van der Waals surface area contributed by atoms with Crippen LogP contribution >= 0.6 is 0 Å². The van der Waals surface area contributed by atoms with E-state index >= 15 is 0 Å². The van der Waals surface area contributed by atoms with Gasteiger partial charge in [-0.3, -0.25) is 0 Å². The van der Waals surface area contributed by atoms with Crippen LogP contribution in [0.5, 0.6) is 0 Å². The third-order valence-corrected chi connectivity index (χ3v) is 3.85. The Morgan fingerprint density at radius 2 is 1.68 bits per heavy atom. The smallest absolute Gasteiger partial charge is 0.322 e. The summed E-state index contributed by atoms with van der Waals surface area (Å²) in [5.41, 5.74) is 6.54. The maximum Gasteiger partial charge on any atom is 0.416 e. The Bertz CT molecular complexity index is 450. The SMILES string of the molecule is Cc1cc(C(F)(F)F)ccc1C(N)C(C)(C)N(C)C. The lowest BCUT2D eigenvalue weighted by molar-refractivity contribution is -0.137. The minimum Gasteiger partial charge on any atom is -0.322 e. The standard InChI is InChI=1S/C14H21F3N2/c1-9-8-10(14(15,16)17)6-7-11(9)12(18)13(2,3)19(4)5/h6-8,12H,18H2,1-5H3. The topological polar surface area (TPSA) is 29.3 Å². The van der Waals surface area contributed by atoms with E-state index in [1.54, 1.807) is 6.92 Å². The fourth-order valence-electron chi connectivity index (χ4n) is 1.86. The van der Waals surface area contributed by atoms with Gasteiger partial charge >= 0.3 is 6.18 Å². The molecule has 1 unspecified atom stereocenters. The maximum absolute atomic E-state index is 12.6. The summed E-state index contributed by atoms with van der Waals surface area (Å²) in [6.07, 6.45) is -4.32. The monoisotopic (exact) mass is 274 g/mol. The Morgan fingerprint density at radius 1 is 1.16 bits per heavy atom. The van der Waals surface area contributed by atoms with Crippen LogP contribution in [0.3, 0.4) is 0 Å². The number of likely N-dealkylation sites (N-methyl/N-ethyl adjacent to an activating group) is 1. The highest BCUT2D eigenvalue weighted by Gasteiger charge is 2.33. The summed E-state index contributed by atoms with van der Waals surface area (Å²) in [6, 6.07) is 3.37. The van der Waals surface area contributed by atoms with Crippen molar-refractivity contribution in [1.29, 1.82) is 0 Å². The van der Waals surface area contributed by atoms with Crippen molar-refractivity contribution in [2.24, 2.45) is 5.73 Å². The molecule has 0 spiro atoms. The van der Waals surface area contributed by atoms with E-state index in [-0.39, 0.29) is 11.6 Å². The zero-order valence-corrected chi connectivity index (χ0v) is 12.0. The molecule has 2 N–H and O–H groups in total. The minimum atomic E-state index is -4.32. The molecule has 0 heterocycles. The lowest BCUT2D eigenvalue weighted by Crippen LogP contribution is -2.47. The van der Waals surface area contributed by atoms with Crippen LogP contribution < -0.4 is 5.73 Å². The quantitative estimate of drug-likeness (QED) is 0.915. The van der Waals surface area contributed by atoms with Gasteiger partial charge in [0.2, 0.25) is 0 Å². The van der Waals surface area contributed by atoms with E-state index in [2.05, 4.69) is 0 Å². The molecule has 0 bridgehead atoms. The first-order chi connectivity index (χ1) is 8.48. The van der Waals surface area contributed by atoms with Gasteiger partial charge in [-0.15, -0.1) is 0 Å². The van der Waals surface area contributed by atoms with Gasteiger partial charge in [0.1, 0.15) is 0 Å².